The first-order valence-corrected chi connectivity index (χ1v) is 12.0. The number of sulfonamides is 1. The molecule has 0 amide bonds. The van der Waals surface area contributed by atoms with Crippen molar-refractivity contribution in [2.24, 2.45) is 0 Å². The van der Waals surface area contributed by atoms with E-state index >= 15 is 0 Å². The van der Waals surface area contributed by atoms with Crippen LogP contribution in [0.1, 0.15) is 13.8 Å². The number of pyridine rings is 1. The molecule has 0 N–H and O–H groups in total. The second-order valence-corrected chi connectivity index (χ2v) is 9.65. The molecule has 11 heteroatoms. The summed E-state index contributed by atoms with van der Waals surface area (Å²) in [5.74, 6) is -1.02. The van der Waals surface area contributed by atoms with Crippen molar-refractivity contribution < 1.29 is 74.4 Å². The van der Waals surface area contributed by atoms with Gasteiger partial charge in [0.1, 0.15) is 16.2 Å². The van der Waals surface area contributed by atoms with Crippen LogP contribution in [0.4, 0.5) is 0 Å². The number of aliphatic carboxylic acids is 1. The molecule has 31 heavy (non-hydrogen) atoms. The minimum Gasteiger partial charge on any atom is -0.549 e. The van der Waals surface area contributed by atoms with Crippen molar-refractivity contribution >= 4 is 61.2 Å². The predicted octanol–water partition coefficient (Wildman–Crippen LogP) is -0.0735. The molecule has 0 radical (unpaired) electrons. The number of hydrogen-bond acceptors (Lipinski definition) is 7. The number of carbonyl (C=O) groups is 1. The van der Waals surface area contributed by atoms with Gasteiger partial charge in [0.2, 0.25) is 10.0 Å². The fourth-order valence-corrected chi connectivity index (χ4v) is 6.14. The Labute approximate surface area is 233 Å². The van der Waals surface area contributed by atoms with Gasteiger partial charge in [0, 0.05) is 34.5 Å². The van der Waals surface area contributed by atoms with E-state index in [0.29, 0.717) is 45.5 Å². The van der Waals surface area contributed by atoms with Crippen molar-refractivity contribution in [2.75, 3.05) is 26.0 Å². The largest absolute Gasteiger partial charge is 1.00 e. The number of rotatable bonds is 8. The molecule has 1 heterocycles. The van der Waals surface area contributed by atoms with Crippen molar-refractivity contribution in [1.29, 1.82) is 0 Å². The van der Waals surface area contributed by atoms with Crippen LogP contribution in [0, 0.1) is 0 Å². The third-order valence-electron chi connectivity index (χ3n) is 4.65. The normalized spacial score (nSPS) is 11.6. The number of carboxylic acid groups (broad SMARTS) is 1. The van der Waals surface area contributed by atoms with Gasteiger partial charge < -0.3 is 14.6 Å². The number of halogens is 1. The molecule has 1 aromatic heterocycles. The summed E-state index contributed by atoms with van der Waals surface area (Å²) in [5, 5.41) is 12.3. The molecule has 3 rings (SSSR count). The van der Waals surface area contributed by atoms with Gasteiger partial charge in [-0.1, -0.05) is 37.6 Å². The van der Waals surface area contributed by atoms with Gasteiger partial charge in [-0.25, -0.2) is 13.4 Å². The maximum Gasteiger partial charge on any atom is 1.00 e. The predicted molar refractivity (Wildman–Crippen MR) is 117 cm³/mol. The van der Waals surface area contributed by atoms with E-state index in [4.69, 9.17) is 16.3 Å². The number of aromatic nitrogens is 1. The fourth-order valence-electron chi connectivity index (χ4n) is 3.26. The standard InChI is InChI=1S/C20H21ClN2O5S2.K/c1-4-23(5-2)30(26,27)17-9-13-15(10-14(17)21)22-19-12(7-6-8-16(19)28-3)20(13)29-11-18(24)25;/h6-10H,4-5,11H2,1-3H3,(H,24,25);/q;+1/p-1. The molecule has 0 atom stereocenters. The minimum atomic E-state index is -3.83. The van der Waals surface area contributed by atoms with E-state index in [0.717, 1.165) is 11.8 Å². The van der Waals surface area contributed by atoms with E-state index in [-0.39, 0.29) is 67.1 Å². The number of carboxylic acids is 1. The molecule has 0 unspecified atom stereocenters. The van der Waals surface area contributed by atoms with Crippen LogP contribution in [-0.4, -0.2) is 49.6 Å². The summed E-state index contributed by atoms with van der Waals surface area (Å²) in [4.78, 5) is 16.3. The number of thioether (sulfide) groups is 1. The third-order valence-corrected chi connectivity index (χ3v) is 8.27. The Kier molecular flexibility index (Phi) is 9.62. The van der Waals surface area contributed by atoms with Crippen molar-refractivity contribution in [3.63, 3.8) is 0 Å². The average molecular weight is 507 g/mol. The zero-order chi connectivity index (χ0) is 22.1. The van der Waals surface area contributed by atoms with Crippen LogP contribution < -0.4 is 61.2 Å². The first-order valence-electron chi connectivity index (χ1n) is 9.17. The number of nitrogens with zero attached hydrogens (tertiary/aromatic N) is 2. The number of benzene rings is 2. The van der Waals surface area contributed by atoms with E-state index < -0.39 is 16.0 Å². The van der Waals surface area contributed by atoms with Crippen LogP contribution in [0.3, 0.4) is 0 Å². The maximum atomic E-state index is 13.1. The molecule has 0 bridgehead atoms. The first kappa shape index (κ1) is 26.8. The van der Waals surface area contributed by atoms with Crippen LogP contribution in [0.15, 0.2) is 40.1 Å². The number of para-hydroxylation sites is 1. The number of hydrogen-bond donors (Lipinski definition) is 0. The molecule has 0 saturated carbocycles. The Morgan fingerprint density at radius 1 is 1.23 bits per heavy atom. The summed E-state index contributed by atoms with van der Waals surface area (Å²) in [6.45, 7) is 4.09. The molecule has 0 spiro atoms. The topological polar surface area (TPSA) is 99.6 Å². The van der Waals surface area contributed by atoms with Gasteiger partial charge in [-0.2, -0.15) is 4.31 Å². The van der Waals surface area contributed by atoms with Gasteiger partial charge in [0.05, 0.1) is 23.6 Å². The first-order chi connectivity index (χ1) is 14.2. The van der Waals surface area contributed by atoms with E-state index in [1.54, 1.807) is 32.0 Å². The molecular formula is C20H20ClKN2O5S2. The summed E-state index contributed by atoms with van der Waals surface area (Å²) < 4.78 is 32.9. The van der Waals surface area contributed by atoms with Gasteiger partial charge in [-0.05, 0) is 18.2 Å². The van der Waals surface area contributed by atoms with E-state index in [1.165, 1.54) is 23.5 Å². The van der Waals surface area contributed by atoms with Gasteiger partial charge in [0.15, 0.2) is 0 Å². The second kappa shape index (κ2) is 11.1. The number of carbonyl (C=O) groups excluding carboxylic acids is 1. The number of fused-ring (bicyclic) bond motifs is 2. The Bertz CT molecular complexity index is 1230. The summed E-state index contributed by atoms with van der Waals surface area (Å²) in [6.07, 6.45) is 0. The molecule has 0 fully saturated rings. The number of ether oxygens (including phenoxy) is 1. The van der Waals surface area contributed by atoms with E-state index in [1.807, 2.05) is 0 Å². The monoisotopic (exact) mass is 506 g/mol. The Balaban J connectivity index is 0.00000341. The summed E-state index contributed by atoms with van der Waals surface area (Å²) >= 11 is 7.41. The Morgan fingerprint density at radius 3 is 2.48 bits per heavy atom. The van der Waals surface area contributed by atoms with Crippen LogP contribution in [0.2, 0.25) is 5.02 Å². The third kappa shape index (κ3) is 5.39. The zero-order valence-electron chi connectivity index (χ0n) is 17.6. The van der Waals surface area contributed by atoms with E-state index in [9.17, 15) is 18.3 Å². The van der Waals surface area contributed by atoms with Gasteiger partial charge in [-0.15, -0.1) is 11.8 Å². The van der Waals surface area contributed by atoms with Crippen LogP contribution in [0.25, 0.3) is 21.8 Å². The molecule has 2 aromatic carbocycles. The van der Waals surface area contributed by atoms with E-state index in [2.05, 4.69) is 4.98 Å². The second-order valence-electron chi connectivity index (χ2n) is 6.35. The van der Waals surface area contributed by atoms with Crippen molar-refractivity contribution in [2.45, 2.75) is 23.6 Å². The average Bonchev–Trinajstić information content (AvgIpc) is 2.70. The number of methoxy groups -OCH3 is 1. The molecular weight excluding hydrogens is 487 g/mol. The molecule has 0 aliphatic rings. The minimum absolute atomic E-state index is 0. The smallest absolute Gasteiger partial charge is 0.549 e. The summed E-state index contributed by atoms with van der Waals surface area (Å²) in [5.41, 5.74) is 0.972. The molecule has 160 valence electrons. The zero-order valence-corrected chi connectivity index (χ0v) is 23.2. The maximum absolute atomic E-state index is 13.1. The molecule has 0 aliphatic heterocycles. The quantitative estimate of drug-likeness (QED) is 0.239. The Morgan fingerprint density at radius 2 is 1.90 bits per heavy atom. The van der Waals surface area contributed by atoms with Crippen molar-refractivity contribution in [3.8, 4) is 5.75 Å². The van der Waals surface area contributed by atoms with Gasteiger partial charge in [-0.3, -0.25) is 0 Å². The SMILES string of the molecule is CCN(CC)S(=O)(=O)c1cc2c(SCC(=O)[O-])c3cccc(OC)c3nc2cc1Cl.[K+]. The van der Waals surface area contributed by atoms with Crippen LogP contribution in [-0.2, 0) is 14.8 Å². The molecule has 3 aromatic rings. The molecule has 0 aliphatic carbocycles. The Hall–Kier alpha value is -0.434. The summed E-state index contributed by atoms with van der Waals surface area (Å²) in [7, 11) is -2.31. The van der Waals surface area contributed by atoms with Gasteiger partial charge in [0.25, 0.3) is 0 Å². The van der Waals surface area contributed by atoms with Crippen molar-refractivity contribution in [1.82, 2.24) is 9.29 Å². The van der Waals surface area contributed by atoms with Crippen molar-refractivity contribution in [3.05, 3.63) is 35.4 Å². The summed E-state index contributed by atoms with van der Waals surface area (Å²) in [6, 6.07) is 8.25. The van der Waals surface area contributed by atoms with Crippen LogP contribution >= 0.6 is 23.4 Å². The fraction of sp³-hybridized carbons (Fsp3) is 0.300. The van der Waals surface area contributed by atoms with Crippen LogP contribution in [0.5, 0.6) is 5.75 Å². The molecule has 7 nitrogen and oxygen atoms in total. The van der Waals surface area contributed by atoms with Gasteiger partial charge >= 0.3 is 51.4 Å². The molecule has 0 saturated heterocycles.